The van der Waals surface area contributed by atoms with Crippen LogP contribution in [0.15, 0.2) is 48.5 Å². The maximum atomic E-state index is 13.4. The van der Waals surface area contributed by atoms with Crippen molar-refractivity contribution in [1.29, 1.82) is 0 Å². The summed E-state index contributed by atoms with van der Waals surface area (Å²) in [6.07, 6.45) is -4.44. The summed E-state index contributed by atoms with van der Waals surface area (Å²) in [7, 11) is 0. The fraction of sp³-hybridized carbons (Fsp3) is 0.188. The first-order chi connectivity index (χ1) is 10.9. The van der Waals surface area contributed by atoms with Crippen molar-refractivity contribution in [3.8, 4) is 0 Å². The minimum absolute atomic E-state index is 0.00970. The predicted octanol–water partition coefficient (Wildman–Crippen LogP) is 3.57. The van der Waals surface area contributed by atoms with Crippen molar-refractivity contribution in [1.82, 2.24) is 5.32 Å². The first-order valence-electron chi connectivity index (χ1n) is 6.77. The maximum absolute atomic E-state index is 13.4. The maximum Gasteiger partial charge on any atom is 0.416 e. The van der Waals surface area contributed by atoms with Crippen LogP contribution in [0.25, 0.3) is 0 Å². The first kappa shape index (κ1) is 16.8. The summed E-state index contributed by atoms with van der Waals surface area (Å²) in [4.78, 5) is 11.7. The molecule has 0 radical (unpaired) electrons. The third-order valence-electron chi connectivity index (χ3n) is 3.08. The van der Waals surface area contributed by atoms with E-state index in [1.54, 1.807) is 6.07 Å². The van der Waals surface area contributed by atoms with Gasteiger partial charge in [-0.1, -0.05) is 24.3 Å². The molecule has 2 aromatic carbocycles. The molecule has 2 rings (SSSR count). The Balaban J connectivity index is 1.86. The van der Waals surface area contributed by atoms with Gasteiger partial charge in [0, 0.05) is 17.8 Å². The van der Waals surface area contributed by atoms with Crippen LogP contribution in [0.2, 0.25) is 0 Å². The zero-order chi connectivity index (χ0) is 16.9. The lowest BCUT2D eigenvalue weighted by Gasteiger charge is -2.11. The van der Waals surface area contributed by atoms with Gasteiger partial charge in [-0.15, -0.1) is 0 Å². The van der Waals surface area contributed by atoms with Crippen molar-refractivity contribution in [3.63, 3.8) is 0 Å². The van der Waals surface area contributed by atoms with Crippen molar-refractivity contribution in [2.75, 3.05) is 11.9 Å². The number of nitrogens with one attached hydrogen (secondary N) is 2. The van der Waals surface area contributed by atoms with E-state index in [0.29, 0.717) is 5.56 Å². The van der Waals surface area contributed by atoms with E-state index >= 15 is 0 Å². The second kappa shape index (κ2) is 7.13. The molecule has 0 saturated carbocycles. The lowest BCUT2D eigenvalue weighted by molar-refractivity contribution is -0.137. The number of carbonyl (C=O) groups is 1. The quantitative estimate of drug-likeness (QED) is 0.825. The fourth-order valence-corrected chi connectivity index (χ4v) is 1.89. The van der Waals surface area contributed by atoms with Gasteiger partial charge in [0.15, 0.2) is 0 Å². The summed E-state index contributed by atoms with van der Waals surface area (Å²) < 4.78 is 51.1. The molecule has 122 valence electrons. The van der Waals surface area contributed by atoms with Crippen molar-refractivity contribution in [2.24, 2.45) is 0 Å². The molecule has 0 aliphatic rings. The molecule has 0 unspecified atom stereocenters. The van der Waals surface area contributed by atoms with Gasteiger partial charge in [0.05, 0.1) is 12.1 Å². The summed E-state index contributed by atoms with van der Waals surface area (Å²) in [5, 5.41) is 5.09. The monoisotopic (exact) mass is 326 g/mol. The molecule has 0 bridgehead atoms. The first-order valence-corrected chi connectivity index (χ1v) is 6.77. The smallest absolute Gasteiger partial charge is 0.376 e. The van der Waals surface area contributed by atoms with E-state index in [4.69, 9.17) is 0 Å². The summed E-state index contributed by atoms with van der Waals surface area (Å²) in [5.41, 5.74) is -0.282. The van der Waals surface area contributed by atoms with Crippen molar-refractivity contribution in [3.05, 3.63) is 65.5 Å². The van der Waals surface area contributed by atoms with E-state index in [-0.39, 0.29) is 18.8 Å². The molecule has 0 aromatic heterocycles. The summed E-state index contributed by atoms with van der Waals surface area (Å²) >= 11 is 0. The Morgan fingerprint density at radius 3 is 2.48 bits per heavy atom. The second-order valence-corrected chi connectivity index (χ2v) is 4.80. The molecular formula is C16H14F4N2O. The van der Waals surface area contributed by atoms with E-state index in [0.717, 1.165) is 12.1 Å². The van der Waals surface area contributed by atoms with Crippen LogP contribution in [-0.2, 0) is 17.5 Å². The molecule has 0 spiro atoms. The van der Waals surface area contributed by atoms with Gasteiger partial charge in [0.1, 0.15) is 5.82 Å². The number of benzene rings is 2. The molecule has 3 nitrogen and oxygen atoms in total. The SMILES string of the molecule is O=C(CNc1cccc(C(F)(F)F)c1)NCc1ccccc1F. The molecule has 2 N–H and O–H groups in total. The Morgan fingerprint density at radius 2 is 1.78 bits per heavy atom. The Labute approximate surface area is 130 Å². The number of anilines is 1. The third-order valence-corrected chi connectivity index (χ3v) is 3.08. The van der Waals surface area contributed by atoms with Crippen molar-refractivity contribution in [2.45, 2.75) is 12.7 Å². The Morgan fingerprint density at radius 1 is 1.04 bits per heavy atom. The van der Waals surface area contributed by atoms with Crippen LogP contribution < -0.4 is 10.6 Å². The Hall–Kier alpha value is -2.57. The minimum Gasteiger partial charge on any atom is -0.376 e. The summed E-state index contributed by atoms with van der Waals surface area (Å²) in [5.74, 6) is -0.885. The van der Waals surface area contributed by atoms with Crippen LogP contribution in [0.1, 0.15) is 11.1 Å². The van der Waals surface area contributed by atoms with E-state index in [1.165, 1.54) is 30.3 Å². The van der Waals surface area contributed by atoms with E-state index < -0.39 is 23.5 Å². The average Bonchev–Trinajstić information content (AvgIpc) is 2.51. The Bertz CT molecular complexity index is 686. The Kier molecular flexibility index (Phi) is 5.20. The second-order valence-electron chi connectivity index (χ2n) is 4.80. The molecule has 0 atom stereocenters. The molecular weight excluding hydrogens is 312 g/mol. The number of halogens is 4. The van der Waals surface area contributed by atoms with Gasteiger partial charge in [-0.05, 0) is 24.3 Å². The molecule has 0 saturated heterocycles. The molecule has 0 aliphatic carbocycles. The van der Waals surface area contributed by atoms with Gasteiger partial charge in [-0.2, -0.15) is 13.2 Å². The van der Waals surface area contributed by atoms with E-state index in [2.05, 4.69) is 10.6 Å². The van der Waals surface area contributed by atoms with Gasteiger partial charge in [0.2, 0.25) is 5.91 Å². The van der Waals surface area contributed by atoms with Crippen LogP contribution in [0.3, 0.4) is 0 Å². The molecule has 0 aliphatic heterocycles. The highest BCUT2D eigenvalue weighted by atomic mass is 19.4. The highest BCUT2D eigenvalue weighted by Crippen LogP contribution is 2.30. The predicted molar refractivity (Wildman–Crippen MR) is 78.2 cm³/mol. The number of amides is 1. The van der Waals surface area contributed by atoms with Crippen LogP contribution in [0.5, 0.6) is 0 Å². The average molecular weight is 326 g/mol. The zero-order valence-corrected chi connectivity index (χ0v) is 12.0. The fourth-order valence-electron chi connectivity index (χ4n) is 1.89. The molecule has 2 aromatic rings. The highest BCUT2D eigenvalue weighted by Gasteiger charge is 2.30. The number of alkyl halides is 3. The van der Waals surface area contributed by atoms with Gasteiger partial charge >= 0.3 is 6.18 Å². The van der Waals surface area contributed by atoms with Gasteiger partial charge < -0.3 is 10.6 Å². The van der Waals surface area contributed by atoms with Crippen molar-refractivity contribution < 1.29 is 22.4 Å². The lowest BCUT2D eigenvalue weighted by atomic mass is 10.2. The molecule has 7 heteroatoms. The number of hydrogen-bond donors (Lipinski definition) is 2. The molecule has 23 heavy (non-hydrogen) atoms. The number of carbonyl (C=O) groups excluding carboxylic acids is 1. The minimum atomic E-state index is -4.44. The number of hydrogen-bond acceptors (Lipinski definition) is 2. The third kappa shape index (κ3) is 4.98. The molecule has 0 heterocycles. The van der Waals surface area contributed by atoms with E-state index in [1.807, 2.05) is 0 Å². The lowest BCUT2D eigenvalue weighted by Crippen LogP contribution is -2.29. The van der Waals surface area contributed by atoms with Gasteiger partial charge in [-0.25, -0.2) is 4.39 Å². The highest BCUT2D eigenvalue weighted by molar-refractivity contribution is 5.80. The molecule has 1 amide bonds. The van der Waals surface area contributed by atoms with Crippen LogP contribution >= 0.6 is 0 Å². The normalized spacial score (nSPS) is 11.1. The topological polar surface area (TPSA) is 41.1 Å². The van der Waals surface area contributed by atoms with Gasteiger partial charge in [0.25, 0.3) is 0 Å². The van der Waals surface area contributed by atoms with Crippen LogP contribution in [0, 0.1) is 5.82 Å². The number of rotatable bonds is 5. The summed E-state index contributed by atoms with van der Waals surface area (Å²) in [6.45, 7) is -0.203. The van der Waals surface area contributed by atoms with Crippen molar-refractivity contribution >= 4 is 11.6 Å². The summed E-state index contributed by atoms with van der Waals surface area (Å²) in [6, 6.07) is 10.6. The van der Waals surface area contributed by atoms with Crippen LogP contribution in [0.4, 0.5) is 23.2 Å². The van der Waals surface area contributed by atoms with E-state index in [9.17, 15) is 22.4 Å². The standard InChI is InChI=1S/C16H14F4N2O/c17-14-7-2-1-4-11(14)9-22-15(23)10-21-13-6-3-5-12(8-13)16(18,19)20/h1-8,21H,9-10H2,(H,22,23). The largest absolute Gasteiger partial charge is 0.416 e. The van der Waals surface area contributed by atoms with Crippen LogP contribution in [-0.4, -0.2) is 12.5 Å². The van der Waals surface area contributed by atoms with Gasteiger partial charge in [-0.3, -0.25) is 4.79 Å². The zero-order valence-electron chi connectivity index (χ0n) is 12.0. The molecule has 0 fully saturated rings.